The van der Waals surface area contributed by atoms with Gasteiger partial charge in [0.15, 0.2) is 5.78 Å². The molecule has 1 radical (unpaired) electrons. The van der Waals surface area contributed by atoms with Crippen molar-refractivity contribution in [3.05, 3.63) is 94.3 Å². The van der Waals surface area contributed by atoms with Gasteiger partial charge in [-0.15, -0.1) is 29.5 Å². The number of aromatic nitrogens is 2. The third-order valence-corrected chi connectivity index (χ3v) is 11.2. The Bertz CT molecular complexity index is 2160. The number of fused-ring (bicyclic) bond motifs is 5. The summed E-state index contributed by atoms with van der Waals surface area (Å²) >= 11 is 1.74. The fourth-order valence-corrected chi connectivity index (χ4v) is 7.67. The standard InChI is InChI=1S/C31H27N2OS.C13H24O2.Ir/c1-17-9-7-10-18(2)26(17)23-15-24(32-16-19(23)3)22-12-8-11-20-21-13-14-25-27(29(21)34-28(20)22)33-30(35-25)31(4,5)6;1-5-10(6-2)12(14)9-13(15)11(7-3)8-4;/h7-11,13-16H,1-6H3;9-11,14H,5-8H2,1-4H3;/q-1;;/b;12-9-;. The van der Waals surface area contributed by atoms with Gasteiger partial charge in [-0.3, -0.25) is 4.79 Å². The van der Waals surface area contributed by atoms with Crippen molar-refractivity contribution in [2.45, 2.75) is 100 Å². The van der Waals surface area contributed by atoms with Gasteiger partial charge in [0, 0.05) is 55.0 Å². The molecule has 0 saturated carbocycles. The molecule has 0 unspecified atom stereocenters. The molecule has 1 N–H and O–H groups in total. The number of nitrogens with zero attached hydrogens (tertiary/aromatic N) is 2. The number of aliphatic hydroxyl groups excluding tert-OH is 1. The molecule has 3 heterocycles. The Kier molecular flexibility index (Phi) is 13.2. The number of benzene rings is 3. The van der Waals surface area contributed by atoms with Crippen molar-refractivity contribution in [1.82, 2.24) is 9.97 Å². The van der Waals surface area contributed by atoms with Gasteiger partial charge in [-0.25, -0.2) is 4.98 Å². The Labute approximate surface area is 321 Å². The van der Waals surface area contributed by atoms with Crippen LogP contribution in [0.2, 0.25) is 0 Å². The van der Waals surface area contributed by atoms with E-state index in [0.717, 1.165) is 79.7 Å². The van der Waals surface area contributed by atoms with E-state index in [1.54, 1.807) is 11.3 Å². The van der Waals surface area contributed by atoms with Crippen LogP contribution in [0.5, 0.6) is 0 Å². The molecule has 0 saturated heterocycles. The molecule has 0 aliphatic heterocycles. The van der Waals surface area contributed by atoms with Gasteiger partial charge < -0.3 is 14.5 Å². The van der Waals surface area contributed by atoms with Crippen LogP contribution in [0.25, 0.3) is 54.5 Å². The maximum absolute atomic E-state index is 11.7. The van der Waals surface area contributed by atoms with Crippen LogP contribution >= 0.6 is 11.3 Å². The fraction of sp³-hybridized carbons (Fsp3) is 0.386. The molecule has 271 valence electrons. The van der Waals surface area contributed by atoms with Crippen molar-refractivity contribution in [3.8, 4) is 22.4 Å². The second kappa shape index (κ2) is 16.8. The van der Waals surface area contributed by atoms with Gasteiger partial charge in [0.1, 0.15) is 11.1 Å². The summed E-state index contributed by atoms with van der Waals surface area (Å²) in [6, 6.07) is 20.4. The van der Waals surface area contributed by atoms with E-state index in [4.69, 9.17) is 14.4 Å². The zero-order valence-corrected chi connectivity index (χ0v) is 34.9. The zero-order valence-electron chi connectivity index (χ0n) is 31.7. The summed E-state index contributed by atoms with van der Waals surface area (Å²) < 4.78 is 7.72. The molecule has 51 heavy (non-hydrogen) atoms. The van der Waals surface area contributed by atoms with E-state index in [1.165, 1.54) is 28.3 Å². The van der Waals surface area contributed by atoms with Crippen LogP contribution in [0.1, 0.15) is 95.8 Å². The van der Waals surface area contributed by atoms with E-state index < -0.39 is 0 Å². The maximum atomic E-state index is 11.7. The maximum Gasteiger partial charge on any atom is 0.162 e. The van der Waals surface area contributed by atoms with Gasteiger partial charge in [-0.1, -0.05) is 89.7 Å². The number of pyridine rings is 1. The summed E-state index contributed by atoms with van der Waals surface area (Å²) in [5, 5.41) is 13.0. The van der Waals surface area contributed by atoms with Crippen molar-refractivity contribution >= 4 is 49.3 Å². The molecule has 6 aromatic rings. The number of carbonyl (C=O) groups excluding carboxylic acids is 1. The monoisotopic (exact) mass is 880 g/mol. The third kappa shape index (κ3) is 8.38. The zero-order chi connectivity index (χ0) is 36.3. The third-order valence-electron chi connectivity index (χ3n) is 9.79. The van der Waals surface area contributed by atoms with Crippen LogP contribution in [0.4, 0.5) is 0 Å². The van der Waals surface area contributed by atoms with Crippen molar-refractivity contribution in [3.63, 3.8) is 0 Å². The minimum Gasteiger partial charge on any atom is -0.512 e. The normalized spacial score (nSPS) is 12.1. The van der Waals surface area contributed by atoms with Gasteiger partial charge in [0.2, 0.25) is 0 Å². The number of aryl methyl sites for hydroxylation is 3. The molecule has 5 nitrogen and oxygen atoms in total. The number of aliphatic hydroxyl groups is 1. The average Bonchev–Trinajstić information content (AvgIpc) is 3.69. The Hall–Kier alpha value is -3.64. The van der Waals surface area contributed by atoms with E-state index >= 15 is 0 Å². The topological polar surface area (TPSA) is 76.2 Å². The minimum atomic E-state index is -0.00309. The first-order chi connectivity index (χ1) is 23.8. The van der Waals surface area contributed by atoms with Gasteiger partial charge in [-0.2, -0.15) is 0 Å². The van der Waals surface area contributed by atoms with Crippen LogP contribution in [-0.4, -0.2) is 20.9 Å². The smallest absolute Gasteiger partial charge is 0.162 e. The van der Waals surface area contributed by atoms with Crippen molar-refractivity contribution in [1.29, 1.82) is 0 Å². The number of hydrogen-bond acceptors (Lipinski definition) is 6. The van der Waals surface area contributed by atoms with E-state index in [0.29, 0.717) is 0 Å². The average molecular weight is 880 g/mol. The van der Waals surface area contributed by atoms with Crippen molar-refractivity contribution < 1.29 is 34.4 Å². The molecule has 0 bridgehead atoms. The van der Waals surface area contributed by atoms with Crippen LogP contribution < -0.4 is 0 Å². The molecule has 3 aromatic heterocycles. The number of ketones is 1. The predicted octanol–water partition coefficient (Wildman–Crippen LogP) is 12.8. The summed E-state index contributed by atoms with van der Waals surface area (Å²) in [6.45, 7) is 21.1. The molecule has 6 rings (SSSR count). The number of thiazole rings is 1. The molecule has 7 heteroatoms. The van der Waals surface area contributed by atoms with E-state index in [2.05, 4.69) is 90.1 Å². The van der Waals surface area contributed by atoms with Gasteiger partial charge in [-0.05, 0) is 86.0 Å². The summed E-state index contributed by atoms with van der Waals surface area (Å²) in [5.41, 5.74) is 10.5. The number of carbonyl (C=O) groups is 1. The molecule has 0 atom stereocenters. The largest absolute Gasteiger partial charge is 0.512 e. The second-order valence-electron chi connectivity index (χ2n) is 14.4. The number of hydrogen-bond donors (Lipinski definition) is 1. The van der Waals surface area contributed by atoms with Gasteiger partial charge in [0.25, 0.3) is 0 Å². The Morgan fingerprint density at radius 3 is 2.14 bits per heavy atom. The summed E-state index contributed by atoms with van der Waals surface area (Å²) in [5.74, 6) is 0.547. The first-order valence-corrected chi connectivity index (χ1v) is 18.8. The van der Waals surface area contributed by atoms with E-state index in [-0.39, 0.29) is 48.9 Å². The molecular formula is C44H51IrN2O3S-. The van der Waals surface area contributed by atoms with Crippen LogP contribution in [0, 0.1) is 38.7 Å². The summed E-state index contributed by atoms with van der Waals surface area (Å²) in [6.07, 6.45) is 6.86. The van der Waals surface area contributed by atoms with Crippen molar-refractivity contribution in [2.75, 3.05) is 0 Å². The summed E-state index contributed by atoms with van der Waals surface area (Å²) in [7, 11) is 0. The SMILES string of the molecule is CCC(CC)C(=O)/C=C(\O)C(CC)CC.Cc1cnc(-c2[c-]ccc3c2oc2c3ccc3sc(C(C)(C)C)nc32)cc1-c1c(C)cccc1C.[Ir]. The van der Waals surface area contributed by atoms with Crippen LogP contribution in [0.3, 0.4) is 0 Å². The number of furan rings is 1. The van der Waals surface area contributed by atoms with Gasteiger partial charge >= 0.3 is 0 Å². The molecule has 0 aliphatic rings. The Morgan fingerprint density at radius 1 is 0.902 bits per heavy atom. The van der Waals surface area contributed by atoms with Crippen LogP contribution in [0.15, 0.2) is 71.0 Å². The van der Waals surface area contributed by atoms with Gasteiger partial charge in [0.05, 0.1) is 21.0 Å². The fourth-order valence-electron chi connectivity index (χ4n) is 6.65. The molecular weight excluding hydrogens is 829 g/mol. The molecule has 0 spiro atoms. The molecule has 3 aromatic carbocycles. The van der Waals surface area contributed by atoms with Crippen LogP contribution in [-0.2, 0) is 30.3 Å². The summed E-state index contributed by atoms with van der Waals surface area (Å²) in [4.78, 5) is 21.5. The Morgan fingerprint density at radius 2 is 1.53 bits per heavy atom. The van der Waals surface area contributed by atoms with E-state index in [9.17, 15) is 9.90 Å². The molecule has 0 amide bonds. The molecule has 0 aliphatic carbocycles. The van der Waals surface area contributed by atoms with Crippen molar-refractivity contribution in [2.24, 2.45) is 11.8 Å². The predicted molar refractivity (Wildman–Crippen MR) is 211 cm³/mol. The second-order valence-corrected chi connectivity index (χ2v) is 15.4. The number of allylic oxidation sites excluding steroid dienone is 2. The van der Waals surface area contributed by atoms with E-state index in [1.807, 2.05) is 40.0 Å². The number of rotatable bonds is 9. The Balaban J connectivity index is 0.000000312. The quantitative estimate of drug-likeness (QED) is 0.0889. The first kappa shape index (κ1) is 40.1. The molecule has 0 fully saturated rings. The first-order valence-electron chi connectivity index (χ1n) is 18.0. The minimum absolute atomic E-state index is 0.